The van der Waals surface area contributed by atoms with Crippen LogP contribution in [-0.4, -0.2) is 36.2 Å². The molecule has 1 N–H and O–H groups in total. The molecule has 1 heterocycles. The van der Waals surface area contributed by atoms with Crippen LogP contribution in [0.25, 0.3) is 0 Å². The number of piperidine rings is 1. The van der Waals surface area contributed by atoms with E-state index in [1.54, 1.807) is 0 Å². The summed E-state index contributed by atoms with van der Waals surface area (Å²) in [6, 6.07) is 0. The number of carbonyl (C=O) groups excluding carboxylic acids is 1. The van der Waals surface area contributed by atoms with Crippen molar-refractivity contribution >= 4 is 6.09 Å². The molecule has 0 radical (unpaired) electrons. The normalized spacial score (nSPS) is 18.4. The summed E-state index contributed by atoms with van der Waals surface area (Å²) in [7, 11) is 0. The van der Waals surface area contributed by atoms with Crippen LogP contribution in [0.1, 0.15) is 40.0 Å². The fraction of sp³-hybridized carbons (Fsp3) is 0.917. The van der Waals surface area contributed by atoms with E-state index < -0.39 is 6.09 Å². The third-order valence-corrected chi connectivity index (χ3v) is 3.25. The Kier molecular flexibility index (Phi) is 4.59. The average Bonchev–Trinajstić information content (AvgIpc) is 2.17. The molecule has 0 bridgehead atoms. The van der Waals surface area contributed by atoms with Gasteiger partial charge >= 0.3 is 0 Å². The molecule has 94 valence electrons. The number of rotatable bonds is 3. The molecule has 4 nitrogen and oxygen atoms in total. The Morgan fingerprint density at radius 2 is 1.94 bits per heavy atom. The fourth-order valence-corrected chi connectivity index (χ4v) is 2.18. The molecule has 0 unspecified atom stereocenters. The lowest BCUT2D eigenvalue weighted by Gasteiger charge is -2.39. The number of carboxylic acid groups (broad SMARTS) is 1. The Labute approximate surface area is 98.0 Å². The zero-order valence-electron chi connectivity index (χ0n) is 10.6. The molecule has 1 aliphatic rings. The maximum absolute atomic E-state index is 11.0. The van der Waals surface area contributed by atoms with Crippen molar-refractivity contribution in [3.63, 3.8) is 0 Å². The molecular weight excluding hydrogens is 204 g/mol. The van der Waals surface area contributed by atoms with Gasteiger partial charge in [0.2, 0.25) is 0 Å². The van der Waals surface area contributed by atoms with Gasteiger partial charge in [-0.25, -0.2) is 0 Å². The minimum atomic E-state index is -1.05. The average molecular weight is 227 g/mol. The van der Waals surface area contributed by atoms with Crippen LogP contribution in [0.2, 0.25) is 0 Å². The first-order chi connectivity index (χ1) is 7.41. The summed E-state index contributed by atoms with van der Waals surface area (Å²) in [5.41, 5.74) is -0.355. The Morgan fingerprint density at radius 1 is 1.38 bits per heavy atom. The fourth-order valence-electron chi connectivity index (χ4n) is 2.18. The van der Waals surface area contributed by atoms with Crippen LogP contribution in [0.15, 0.2) is 0 Å². The topological polar surface area (TPSA) is 55.4 Å². The maximum atomic E-state index is 11.0. The minimum absolute atomic E-state index is 0.355. The van der Waals surface area contributed by atoms with Crippen LogP contribution in [0.5, 0.6) is 0 Å². The quantitative estimate of drug-likeness (QED) is 0.776. The molecule has 16 heavy (non-hydrogen) atoms. The van der Waals surface area contributed by atoms with E-state index in [4.69, 9.17) is 0 Å². The monoisotopic (exact) mass is 227 g/mol. The Hall–Kier alpha value is -0.770. The van der Waals surface area contributed by atoms with Crippen molar-refractivity contribution in [3.8, 4) is 0 Å². The molecule has 0 aromatic heterocycles. The van der Waals surface area contributed by atoms with Gasteiger partial charge in [0, 0.05) is 12.1 Å². The van der Waals surface area contributed by atoms with Gasteiger partial charge < -0.3 is 20.1 Å². The largest absolute Gasteiger partial charge is 0.530 e. The first-order valence-electron chi connectivity index (χ1n) is 6.10. The predicted molar refractivity (Wildman–Crippen MR) is 62.1 cm³/mol. The Morgan fingerprint density at radius 3 is 2.38 bits per heavy atom. The smallest absolute Gasteiger partial charge is 0.137 e. The molecule has 1 amide bonds. The van der Waals surface area contributed by atoms with Gasteiger partial charge in [-0.15, -0.1) is 0 Å². The van der Waals surface area contributed by atoms with E-state index in [0.717, 1.165) is 32.4 Å². The molecule has 1 fully saturated rings. The van der Waals surface area contributed by atoms with Gasteiger partial charge in [-0.1, -0.05) is 0 Å². The maximum Gasteiger partial charge on any atom is 0.137 e. The standard InChI is InChI=1S/C12H24N2O2/c1-12(2,3)14(11(15)16)9-6-10-4-7-13-8-5-10/h10,13H,4-9H2,1-3H3,(H,15,16)/p-1. The van der Waals surface area contributed by atoms with Gasteiger partial charge in [0.1, 0.15) is 6.09 Å². The zero-order chi connectivity index (χ0) is 12.2. The lowest BCUT2D eigenvalue weighted by molar-refractivity contribution is -0.270. The van der Waals surface area contributed by atoms with Crippen molar-refractivity contribution in [1.82, 2.24) is 10.2 Å². The third-order valence-electron chi connectivity index (χ3n) is 3.25. The molecule has 0 spiro atoms. The molecule has 0 aliphatic carbocycles. The van der Waals surface area contributed by atoms with Crippen LogP contribution in [0.3, 0.4) is 0 Å². The number of carbonyl (C=O) groups is 1. The van der Waals surface area contributed by atoms with E-state index in [2.05, 4.69) is 5.32 Å². The highest BCUT2D eigenvalue weighted by Crippen LogP contribution is 2.19. The molecule has 0 atom stereocenters. The van der Waals surface area contributed by atoms with E-state index in [9.17, 15) is 9.90 Å². The van der Waals surface area contributed by atoms with Gasteiger partial charge in [-0.2, -0.15) is 0 Å². The van der Waals surface area contributed by atoms with Crippen LogP contribution >= 0.6 is 0 Å². The molecule has 0 aromatic carbocycles. The van der Waals surface area contributed by atoms with Crippen molar-refractivity contribution < 1.29 is 9.90 Å². The minimum Gasteiger partial charge on any atom is -0.530 e. The number of hydrogen-bond donors (Lipinski definition) is 1. The zero-order valence-corrected chi connectivity index (χ0v) is 10.6. The summed E-state index contributed by atoms with van der Waals surface area (Å²) < 4.78 is 0. The Bertz CT molecular complexity index is 230. The highest BCUT2D eigenvalue weighted by atomic mass is 16.4. The first-order valence-corrected chi connectivity index (χ1v) is 6.10. The first kappa shape index (κ1) is 13.3. The van der Waals surface area contributed by atoms with Crippen molar-refractivity contribution in [2.45, 2.75) is 45.6 Å². The second-order valence-corrected chi connectivity index (χ2v) is 5.57. The number of nitrogens with zero attached hydrogens (tertiary/aromatic N) is 1. The summed E-state index contributed by atoms with van der Waals surface area (Å²) in [5, 5.41) is 14.3. The van der Waals surface area contributed by atoms with Gasteiger partial charge in [-0.3, -0.25) is 0 Å². The van der Waals surface area contributed by atoms with E-state index in [0.29, 0.717) is 12.5 Å². The van der Waals surface area contributed by atoms with Gasteiger partial charge in [0.15, 0.2) is 0 Å². The third kappa shape index (κ3) is 4.00. The molecule has 0 aromatic rings. The van der Waals surface area contributed by atoms with Crippen LogP contribution < -0.4 is 10.4 Å². The SMILES string of the molecule is CC(C)(C)N(CCC1CCNCC1)C(=O)[O-]. The predicted octanol–water partition coefficient (Wildman–Crippen LogP) is 0.820. The van der Waals surface area contributed by atoms with Crippen molar-refractivity contribution in [2.75, 3.05) is 19.6 Å². The highest BCUT2D eigenvalue weighted by Gasteiger charge is 2.22. The lowest BCUT2D eigenvalue weighted by atomic mass is 9.93. The summed E-state index contributed by atoms with van der Waals surface area (Å²) in [6.07, 6.45) is 2.21. The van der Waals surface area contributed by atoms with E-state index in [1.165, 1.54) is 4.90 Å². The van der Waals surface area contributed by atoms with Crippen LogP contribution in [0.4, 0.5) is 4.79 Å². The number of hydrogen-bond acceptors (Lipinski definition) is 3. The highest BCUT2D eigenvalue weighted by molar-refractivity contribution is 5.63. The van der Waals surface area contributed by atoms with Crippen molar-refractivity contribution in [2.24, 2.45) is 5.92 Å². The van der Waals surface area contributed by atoms with E-state index in [-0.39, 0.29) is 5.54 Å². The van der Waals surface area contributed by atoms with Gasteiger partial charge in [-0.05, 0) is 59.0 Å². The molecule has 1 aliphatic heterocycles. The van der Waals surface area contributed by atoms with Crippen LogP contribution in [-0.2, 0) is 0 Å². The van der Waals surface area contributed by atoms with Gasteiger partial charge in [0.05, 0.1) is 0 Å². The summed E-state index contributed by atoms with van der Waals surface area (Å²) in [6.45, 7) is 8.44. The molecular formula is C12H23N2O2-. The molecule has 4 heteroatoms. The van der Waals surface area contributed by atoms with E-state index in [1.807, 2.05) is 20.8 Å². The molecule has 1 saturated heterocycles. The number of amides is 1. The molecule has 0 saturated carbocycles. The van der Waals surface area contributed by atoms with E-state index >= 15 is 0 Å². The van der Waals surface area contributed by atoms with Crippen molar-refractivity contribution in [1.29, 1.82) is 0 Å². The summed E-state index contributed by atoms with van der Waals surface area (Å²) >= 11 is 0. The number of nitrogens with one attached hydrogen (secondary N) is 1. The Balaban J connectivity index is 2.40. The second kappa shape index (κ2) is 5.53. The lowest BCUT2D eigenvalue weighted by Crippen LogP contribution is -2.52. The summed E-state index contributed by atoms with van der Waals surface area (Å²) in [5.74, 6) is 0.658. The molecule has 1 rings (SSSR count). The summed E-state index contributed by atoms with van der Waals surface area (Å²) in [4.78, 5) is 12.5. The van der Waals surface area contributed by atoms with Crippen molar-refractivity contribution in [3.05, 3.63) is 0 Å². The second-order valence-electron chi connectivity index (χ2n) is 5.57. The van der Waals surface area contributed by atoms with Gasteiger partial charge in [0.25, 0.3) is 0 Å². The van der Waals surface area contributed by atoms with Crippen LogP contribution in [0, 0.1) is 5.92 Å².